The molecule has 1 fully saturated rings. The Balaban J connectivity index is 1.44. The zero-order valence-corrected chi connectivity index (χ0v) is 15.6. The van der Waals surface area contributed by atoms with E-state index in [1.165, 1.54) is 5.56 Å². The second kappa shape index (κ2) is 8.11. The summed E-state index contributed by atoms with van der Waals surface area (Å²) in [5.74, 6) is 1.05. The van der Waals surface area contributed by atoms with Gasteiger partial charge in [-0.15, -0.1) is 0 Å². The van der Waals surface area contributed by atoms with Crippen molar-refractivity contribution in [2.75, 3.05) is 40.0 Å². The van der Waals surface area contributed by atoms with Crippen LogP contribution >= 0.6 is 0 Å². The minimum absolute atomic E-state index is 0.0514. The fourth-order valence-electron chi connectivity index (χ4n) is 3.68. The minimum atomic E-state index is 0.0514. The van der Waals surface area contributed by atoms with Crippen molar-refractivity contribution in [1.29, 1.82) is 0 Å². The Morgan fingerprint density at radius 1 is 1.15 bits per heavy atom. The highest BCUT2D eigenvalue weighted by Crippen LogP contribution is 2.30. The van der Waals surface area contributed by atoms with E-state index in [2.05, 4.69) is 12.1 Å². The first kappa shape index (κ1) is 18.0. The lowest BCUT2D eigenvalue weighted by Gasteiger charge is -2.33. The fourth-order valence-corrected chi connectivity index (χ4v) is 3.68. The molecule has 0 N–H and O–H groups in total. The second-order valence-corrected chi connectivity index (χ2v) is 7.02. The monoisotopic (exact) mass is 367 g/mol. The number of methoxy groups -OCH3 is 1. The van der Waals surface area contributed by atoms with Gasteiger partial charge < -0.3 is 19.1 Å². The molecule has 1 atom stereocenters. The number of rotatable bonds is 5. The van der Waals surface area contributed by atoms with Crippen molar-refractivity contribution in [3.05, 3.63) is 53.6 Å². The van der Waals surface area contributed by atoms with Crippen molar-refractivity contribution >= 4 is 5.91 Å². The summed E-state index contributed by atoms with van der Waals surface area (Å²) in [6, 6.07) is 14.2. The first-order valence-corrected chi connectivity index (χ1v) is 9.50. The molecule has 0 aromatic heterocycles. The van der Waals surface area contributed by atoms with E-state index in [1.807, 2.05) is 35.2 Å². The Morgan fingerprint density at radius 2 is 1.96 bits per heavy atom. The Labute approximate surface area is 159 Å². The Kier molecular flexibility index (Phi) is 5.41. The van der Waals surface area contributed by atoms with Crippen LogP contribution in [0.25, 0.3) is 11.1 Å². The van der Waals surface area contributed by atoms with Crippen LogP contribution in [0.2, 0.25) is 0 Å². The van der Waals surface area contributed by atoms with Crippen LogP contribution in [0.5, 0.6) is 5.75 Å². The molecule has 2 aromatic rings. The van der Waals surface area contributed by atoms with Gasteiger partial charge in [-0.2, -0.15) is 0 Å². The molecule has 5 nitrogen and oxygen atoms in total. The number of benzene rings is 2. The van der Waals surface area contributed by atoms with Crippen molar-refractivity contribution in [3.8, 4) is 16.9 Å². The van der Waals surface area contributed by atoms with Gasteiger partial charge in [-0.05, 0) is 47.4 Å². The van der Waals surface area contributed by atoms with Gasteiger partial charge in [-0.3, -0.25) is 4.79 Å². The van der Waals surface area contributed by atoms with Crippen LogP contribution < -0.4 is 4.74 Å². The Morgan fingerprint density at radius 3 is 2.78 bits per heavy atom. The highest BCUT2D eigenvalue weighted by Gasteiger charge is 2.25. The van der Waals surface area contributed by atoms with Crippen LogP contribution in [0.3, 0.4) is 0 Å². The van der Waals surface area contributed by atoms with Gasteiger partial charge in [0.2, 0.25) is 0 Å². The van der Waals surface area contributed by atoms with Gasteiger partial charge in [-0.1, -0.05) is 18.2 Å². The minimum Gasteiger partial charge on any atom is -0.493 e. The molecular formula is C22H25NO4. The van der Waals surface area contributed by atoms with Crippen LogP contribution in [-0.4, -0.2) is 56.9 Å². The van der Waals surface area contributed by atoms with Crippen LogP contribution in [0.4, 0.5) is 0 Å². The highest BCUT2D eigenvalue weighted by molar-refractivity contribution is 5.94. The molecule has 1 amide bonds. The molecule has 27 heavy (non-hydrogen) atoms. The SMILES string of the molecule is COCC[C@H]1CN(C(=O)c2ccc(-c3ccc4c(c3)CCO4)cc2)CCO1. The highest BCUT2D eigenvalue weighted by atomic mass is 16.5. The average molecular weight is 367 g/mol. The quantitative estimate of drug-likeness (QED) is 0.814. The summed E-state index contributed by atoms with van der Waals surface area (Å²) in [7, 11) is 1.68. The summed E-state index contributed by atoms with van der Waals surface area (Å²) in [6.45, 7) is 3.24. The number of nitrogens with zero attached hydrogens (tertiary/aromatic N) is 1. The third-order valence-corrected chi connectivity index (χ3v) is 5.22. The summed E-state index contributed by atoms with van der Waals surface area (Å²) < 4.78 is 16.4. The number of carbonyl (C=O) groups excluding carboxylic acids is 1. The van der Waals surface area contributed by atoms with Gasteiger partial charge >= 0.3 is 0 Å². The van der Waals surface area contributed by atoms with Crippen molar-refractivity contribution in [1.82, 2.24) is 4.90 Å². The molecule has 2 aromatic carbocycles. The van der Waals surface area contributed by atoms with E-state index in [-0.39, 0.29) is 12.0 Å². The van der Waals surface area contributed by atoms with Crippen LogP contribution in [0.1, 0.15) is 22.3 Å². The zero-order valence-electron chi connectivity index (χ0n) is 15.6. The second-order valence-electron chi connectivity index (χ2n) is 7.02. The molecule has 0 saturated carbocycles. The summed E-state index contributed by atoms with van der Waals surface area (Å²) in [5, 5.41) is 0. The van der Waals surface area contributed by atoms with Crippen LogP contribution in [0, 0.1) is 0 Å². The average Bonchev–Trinajstić information content (AvgIpc) is 3.20. The van der Waals surface area contributed by atoms with Crippen LogP contribution in [0.15, 0.2) is 42.5 Å². The molecule has 0 radical (unpaired) electrons. The number of ether oxygens (including phenoxy) is 3. The third kappa shape index (κ3) is 3.99. The Bertz CT molecular complexity index is 802. The molecule has 5 heteroatoms. The maximum absolute atomic E-state index is 12.8. The maximum atomic E-state index is 12.8. The molecule has 0 spiro atoms. The lowest BCUT2D eigenvalue weighted by molar-refractivity contribution is -0.0332. The molecule has 2 aliphatic heterocycles. The number of fused-ring (bicyclic) bond motifs is 1. The third-order valence-electron chi connectivity index (χ3n) is 5.22. The molecule has 2 heterocycles. The Hall–Kier alpha value is -2.37. The topological polar surface area (TPSA) is 48.0 Å². The number of hydrogen-bond donors (Lipinski definition) is 0. The molecule has 0 bridgehead atoms. The van der Waals surface area contributed by atoms with E-state index in [4.69, 9.17) is 14.2 Å². The first-order valence-electron chi connectivity index (χ1n) is 9.50. The molecule has 0 aliphatic carbocycles. The zero-order chi connectivity index (χ0) is 18.6. The molecular weight excluding hydrogens is 342 g/mol. The molecule has 1 saturated heterocycles. The van der Waals surface area contributed by atoms with Crippen molar-refractivity contribution in [2.24, 2.45) is 0 Å². The first-order chi connectivity index (χ1) is 13.2. The smallest absolute Gasteiger partial charge is 0.254 e. The number of carbonyl (C=O) groups is 1. The number of amides is 1. The lowest BCUT2D eigenvalue weighted by atomic mass is 10.0. The van der Waals surface area contributed by atoms with Gasteiger partial charge in [0.05, 0.1) is 19.3 Å². The normalized spacial score (nSPS) is 18.9. The largest absolute Gasteiger partial charge is 0.493 e. The molecule has 0 unspecified atom stereocenters. The van der Waals surface area contributed by atoms with E-state index in [0.29, 0.717) is 26.3 Å². The standard InChI is InChI=1S/C22H25NO4/c1-25-11-9-20-15-23(10-13-26-20)22(24)17-4-2-16(3-5-17)18-6-7-21-19(14-18)8-12-27-21/h2-7,14,20H,8-13,15H2,1H3/t20-/m0/s1. The van der Waals surface area contributed by atoms with Gasteiger partial charge in [0.1, 0.15) is 5.75 Å². The predicted octanol–water partition coefficient (Wildman–Crippen LogP) is 3.17. The van der Waals surface area contributed by atoms with Crippen molar-refractivity contribution in [2.45, 2.75) is 18.9 Å². The van der Waals surface area contributed by atoms with E-state index >= 15 is 0 Å². The van der Waals surface area contributed by atoms with E-state index in [0.717, 1.165) is 41.9 Å². The van der Waals surface area contributed by atoms with Crippen molar-refractivity contribution in [3.63, 3.8) is 0 Å². The summed E-state index contributed by atoms with van der Waals surface area (Å²) in [6.07, 6.45) is 1.82. The molecule has 4 rings (SSSR count). The van der Waals surface area contributed by atoms with E-state index in [9.17, 15) is 4.79 Å². The van der Waals surface area contributed by atoms with Crippen molar-refractivity contribution < 1.29 is 19.0 Å². The predicted molar refractivity (Wildman–Crippen MR) is 103 cm³/mol. The molecule has 142 valence electrons. The van der Waals surface area contributed by atoms with Gasteiger partial charge in [0, 0.05) is 38.8 Å². The van der Waals surface area contributed by atoms with Gasteiger partial charge in [0.15, 0.2) is 0 Å². The van der Waals surface area contributed by atoms with E-state index in [1.54, 1.807) is 7.11 Å². The van der Waals surface area contributed by atoms with Gasteiger partial charge in [-0.25, -0.2) is 0 Å². The van der Waals surface area contributed by atoms with Gasteiger partial charge in [0.25, 0.3) is 5.91 Å². The summed E-state index contributed by atoms with van der Waals surface area (Å²) in [4.78, 5) is 14.7. The van der Waals surface area contributed by atoms with E-state index < -0.39 is 0 Å². The maximum Gasteiger partial charge on any atom is 0.254 e. The molecule has 2 aliphatic rings. The summed E-state index contributed by atoms with van der Waals surface area (Å²) >= 11 is 0. The number of morpholine rings is 1. The lowest BCUT2D eigenvalue weighted by Crippen LogP contribution is -2.45. The number of hydrogen-bond acceptors (Lipinski definition) is 4. The fraction of sp³-hybridized carbons (Fsp3) is 0.409. The summed E-state index contributed by atoms with van der Waals surface area (Å²) in [5.41, 5.74) is 4.24. The van der Waals surface area contributed by atoms with Crippen LogP contribution in [-0.2, 0) is 15.9 Å².